The summed E-state index contributed by atoms with van der Waals surface area (Å²) in [6.45, 7) is 4.15. The molecule has 170 valence electrons. The molecule has 7 heteroatoms. The van der Waals surface area contributed by atoms with Gasteiger partial charge in [0, 0.05) is 20.1 Å². The molecule has 2 aromatic rings. The third kappa shape index (κ3) is 7.96. The van der Waals surface area contributed by atoms with E-state index in [1.165, 1.54) is 24.0 Å². The topological polar surface area (TPSA) is 48.9 Å². The smallest absolute Gasteiger partial charge is 0.191 e. The van der Waals surface area contributed by atoms with Crippen LogP contribution in [0.25, 0.3) is 0 Å². The SMILES string of the molecule is CN=C(NCc1ccccc1CN(C)C)NC(C)c1ccc(OCC2CC2)c(F)c1.I. The van der Waals surface area contributed by atoms with Crippen molar-refractivity contribution >= 4 is 29.9 Å². The highest BCUT2D eigenvalue weighted by Gasteiger charge is 2.22. The second-order valence-corrected chi connectivity index (χ2v) is 8.24. The highest BCUT2D eigenvalue weighted by atomic mass is 127. The van der Waals surface area contributed by atoms with Crippen molar-refractivity contribution in [1.29, 1.82) is 0 Å². The van der Waals surface area contributed by atoms with Gasteiger partial charge in [-0.15, -0.1) is 24.0 Å². The molecule has 2 aromatic carbocycles. The lowest BCUT2D eigenvalue weighted by molar-refractivity contribution is 0.285. The molecule has 0 spiro atoms. The van der Waals surface area contributed by atoms with E-state index >= 15 is 0 Å². The van der Waals surface area contributed by atoms with Crippen LogP contribution >= 0.6 is 24.0 Å². The molecule has 0 aromatic heterocycles. The Morgan fingerprint density at radius 3 is 2.52 bits per heavy atom. The lowest BCUT2D eigenvalue weighted by Gasteiger charge is -2.20. The molecule has 0 radical (unpaired) electrons. The van der Waals surface area contributed by atoms with Crippen LogP contribution in [0.15, 0.2) is 47.5 Å². The zero-order valence-corrected chi connectivity index (χ0v) is 21.2. The first-order valence-electron chi connectivity index (χ1n) is 10.6. The Hall–Kier alpha value is -1.87. The third-order valence-corrected chi connectivity index (χ3v) is 5.26. The number of nitrogens with zero attached hydrogens (tertiary/aromatic N) is 2. The molecule has 5 nitrogen and oxygen atoms in total. The van der Waals surface area contributed by atoms with Crippen LogP contribution < -0.4 is 15.4 Å². The van der Waals surface area contributed by atoms with Gasteiger partial charge in [-0.1, -0.05) is 30.3 Å². The van der Waals surface area contributed by atoms with Crippen molar-refractivity contribution < 1.29 is 9.13 Å². The maximum absolute atomic E-state index is 14.4. The average Bonchev–Trinajstić information content (AvgIpc) is 3.55. The van der Waals surface area contributed by atoms with Crippen molar-refractivity contribution in [3.63, 3.8) is 0 Å². The quantitative estimate of drug-likeness (QED) is 0.275. The summed E-state index contributed by atoms with van der Waals surface area (Å²) in [6, 6.07) is 13.4. The molecular formula is C24H34FIN4O. The number of aliphatic imine (C=N–C) groups is 1. The molecule has 0 heterocycles. The number of rotatable bonds is 9. The van der Waals surface area contributed by atoms with Crippen LogP contribution in [0.5, 0.6) is 5.75 Å². The van der Waals surface area contributed by atoms with Gasteiger partial charge in [0.1, 0.15) is 0 Å². The van der Waals surface area contributed by atoms with Crippen molar-refractivity contribution in [2.45, 2.75) is 38.9 Å². The van der Waals surface area contributed by atoms with Crippen LogP contribution in [-0.4, -0.2) is 38.6 Å². The largest absolute Gasteiger partial charge is 0.490 e. The predicted octanol–water partition coefficient (Wildman–Crippen LogP) is 4.72. The summed E-state index contributed by atoms with van der Waals surface area (Å²) in [5, 5.41) is 6.71. The molecule has 1 fully saturated rings. The van der Waals surface area contributed by atoms with E-state index in [0.29, 0.717) is 30.8 Å². The van der Waals surface area contributed by atoms with Crippen LogP contribution in [-0.2, 0) is 13.1 Å². The molecule has 2 N–H and O–H groups in total. The number of hydrogen-bond donors (Lipinski definition) is 2. The fourth-order valence-corrected chi connectivity index (χ4v) is 3.28. The van der Waals surface area contributed by atoms with E-state index in [4.69, 9.17) is 4.74 Å². The van der Waals surface area contributed by atoms with Gasteiger partial charge in [0.15, 0.2) is 17.5 Å². The van der Waals surface area contributed by atoms with Crippen LogP contribution in [0.2, 0.25) is 0 Å². The van der Waals surface area contributed by atoms with Gasteiger partial charge in [-0.3, -0.25) is 4.99 Å². The maximum Gasteiger partial charge on any atom is 0.191 e. The summed E-state index contributed by atoms with van der Waals surface area (Å²) >= 11 is 0. The number of benzene rings is 2. The van der Waals surface area contributed by atoms with Gasteiger partial charge in [0.25, 0.3) is 0 Å². The molecule has 1 saturated carbocycles. The third-order valence-electron chi connectivity index (χ3n) is 5.26. The molecule has 1 aliphatic rings. The zero-order chi connectivity index (χ0) is 21.5. The van der Waals surface area contributed by atoms with Gasteiger partial charge in [-0.25, -0.2) is 4.39 Å². The van der Waals surface area contributed by atoms with Crippen molar-refractivity contribution in [2.75, 3.05) is 27.7 Å². The number of guanidine groups is 1. The molecule has 1 atom stereocenters. The fraction of sp³-hybridized carbons (Fsp3) is 0.458. The molecule has 0 amide bonds. The lowest BCUT2D eigenvalue weighted by atomic mass is 10.1. The van der Waals surface area contributed by atoms with Crippen molar-refractivity contribution in [2.24, 2.45) is 10.9 Å². The van der Waals surface area contributed by atoms with E-state index in [2.05, 4.69) is 52.8 Å². The van der Waals surface area contributed by atoms with E-state index in [-0.39, 0.29) is 35.8 Å². The monoisotopic (exact) mass is 540 g/mol. The minimum absolute atomic E-state index is 0. The highest BCUT2D eigenvalue weighted by Crippen LogP contribution is 2.30. The number of nitrogens with one attached hydrogen (secondary N) is 2. The van der Waals surface area contributed by atoms with Crippen molar-refractivity contribution in [3.05, 3.63) is 65.0 Å². The van der Waals surface area contributed by atoms with E-state index in [9.17, 15) is 4.39 Å². The van der Waals surface area contributed by atoms with E-state index < -0.39 is 0 Å². The highest BCUT2D eigenvalue weighted by molar-refractivity contribution is 14.0. The molecule has 0 bridgehead atoms. The molecule has 1 aliphatic carbocycles. The maximum atomic E-state index is 14.4. The predicted molar refractivity (Wildman–Crippen MR) is 136 cm³/mol. The normalized spacial score (nSPS) is 14.7. The molecule has 0 saturated heterocycles. The molecular weight excluding hydrogens is 506 g/mol. The lowest BCUT2D eigenvalue weighted by Crippen LogP contribution is -2.38. The number of hydrogen-bond acceptors (Lipinski definition) is 3. The summed E-state index contributed by atoms with van der Waals surface area (Å²) in [4.78, 5) is 6.47. The van der Waals surface area contributed by atoms with Crippen molar-refractivity contribution in [3.8, 4) is 5.75 Å². The Labute approximate surface area is 202 Å². The average molecular weight is 540 g/mol. The second-order valence-electron chi connectivity index (χ2n) is 8.24. The Kier molecular flexibility index (Phi) is 10.0. The van der Waals surface area contributed by atoms with Crippen LogP contribution in [0.3, 0.4) is 0 Å². The fourth-order valence-electron chi connectivity index (χ4n) is 3.28. The molecule has 3 rings (SSSR count). The molecule has 0 aliphatic heterocycles. The first-order valence-corrected chi connectivity index (χ1v) is 10.6. The van der Waals surface area contributed by atoms with Gasteiger partial charge in [-0.05, 0) is 68.6 Å². The van der Waals surface area contributed by atoms with Crippen LogP contribution in [0.4, 0.5) is 4.39 Å². The van der Waals surface area contributed by atoms with Gasteiger partial charge in [0.2, 0.25) is 0 Å². The molecule has 1 unspecified atom stereocenters. The van der Waals surface area contributed by atoms with E-state index in [0.717, 1.165) is 12.1 Å². The van der Waals surface area contributed by atoms with Gasteiger partial charge < -0.3 is 20.3 Å². The first kappa shape index (κ1) is 25.4. The van der Waals surface area contributed by atoms with Crippen LogP contribution in [0.1, 0.15) is 42.5 Å². The zero-order valence-electron chi connectivity index (χ0n) is 18.8. The minimum Gasteiger partial charge on any atom is -0.490 e. The first-order chi connectivity index (χ1) is 14.5. The van der Waals surface area contributed by atoms with Gasteiger partial charge >= 0.3 is 0 Å². The summed E-state index contributed by atoms with van der Waals surface area (Å²) in [6.07, 6.45) is 2.37. The number of halogens is 2. The molecule has 31 heavy (non-hydrogen) atoms. The minimum atomic E-state index is -0.317. The standard InChI is InChI=1S/C24H33FN4O.HI/c1-17(19-11-12-23(22(25)13-19)30-16-18-9-10-18)28-24(26-2)27-14-20-7-5-6-8-21(20)15-29(3)4;/h5-8,11-13,17-18H,9-10,14-16H2,1-4H3,(H2,26,27,28);1H. The second kappa shape index (κ2) is 12.2. The number of ether oxygens (including phenoxy) is 1. The van der Waals surface area contributed by atoms with Crippen LogP contribution in [0, 0.1) is 11.7 Å². The Balaban J connectivity index is 0.00000341. The Morgan fingerprint density at radius 1 is 1.19 bits per heavy atom. The van der Waals surface area contributed by atoms with Gasteiger partial charge in [0.05, 0.1) is 12.6 Å². The van der Waals surface area contributed by atoms with E-state index in [1.807, 2.05) is 19.1 Å². The van der Waals surface area contributed by atoms with Gasteiger partial charge in [-0.2, -0.15) is 0 Å². The summed E-state index contributed by atoms with van der Waals surface area (Å²) in [5.41, 5.74) is 3.36. The Bertz CT molecular complexity index is 870. The summed E-state index contributed by atoms with van der Waals surface area (Å²) in [7, 11) is 5.87. The summed E-state index contributed by atoms with van der Waals surface area (Å²) < 4.78 is 20.0. The van der Waals surface area contributed by atoms with Crippen molar-refractivity contribution in [1.82, 2.24) is 15.5 Å². The Morgan fingerprint density at radius 2 is 1.90 bits per heavy atom. The summed E-state index contributed by atoms with van der Waals surface area (Å²) in [5.74, 6) is 1.29. The van der Waals surface area contributed by atoms with E-state index in [1.54, 1.807) is 19.2 Å².